The van der Waals surface area contributed by atoms with Crippen molar-refractivity contribution in [3.05, 3.63) is 66.5 Å². The summed E-state index contributed by atoms with van der Waals surface area (Å²) >= 11 is 0. The molecular formula is C25H29N5O3. The molecule has 0 spiro atoms. The molecule has 4 rings (SSSR count). The van der Waals surface area contributed by atoms with E-state index in [4.69, 9.17) is 4.74 Å². The predicted molar refractivity (Wildman–Crippen MR) is 127 cm³/mol. The van der Waals surface area contributed by atoms with Gasteiger partial charge in [-0.15, -0.1) is 0 Å². The Morgan fingerprint density at radius 1 is 1.15 bits per heavy atom. The van der Waals surface area contributed by atoms with E-state index >= 15 is 0 Å². The topological polar surface area (TPSA) is 90.6 Å². The van der Waals surface area contributed by atoms with Crippen LogP contribution in [-0.2, 0) is 4.79 Å². The molecule has 0 aliphatic carbocycles. The van der Waals surface area contributed by atoms with Crippen molar-refractivity contribution in [1.29, 1.82) is 0 Å². The molecular weight excluding hydrogens is 418 g/mol. The molecule has 8 nitrogen and oxygen atoms in total. The van der Waals surface area contributed by atoms with Crippen molar-refractivity contribution in [3.8, 4) is 16.9 Å². The molecule has 0 bridgehead atoms. The Labute approximate surface area is 193 Å². The van der Waals surface area contributed by atoms with Crippen molar-refractivity contribution in [3.63, 3.8) is 0 Å². The van der Waals surface area contributed by atoms with Gasteiger partial charge in [-0.1, -0.05) is 38.1 Å². The van der Waals surface area contributed by atoms with Crippen LogP contribution >= 0.6 is 0 Å². The smallest absolute Gasteiger partial charge is 0.325 e. The van der Waals surface area contributed by atoms with Crippen molar-refractivity contribution < 1.29 is 14.3 Å². The lowest BCUT2D eigenvalue weighted by molar-refractivity contribution is -0.125. The maximum atomic E-state index is 13.5. The molecule has 2 aromatic carbocycles. The second-order valence-electron chi connectivity index (χ2n) is 8.48. The molecule has 3 amide bonds. The monoisotopic (exact) mass is 447 g/mol. The van der Waals surface area contributed by atoms with E-state index in [-0.39, 0.29) is 11.9 Å². The van der Waals surface area contributed by atoms with E-state index in [1.165, 1.54) is 0 Å². The van der Waals surface area contributed by atoms with Gasteiger partial charge in [0.15, 0.2) is 0 Å². The number of amides is 3. The number of methoxy groups -OCH3 is 1. The van der Waals surface area contributed by atoms with Gasteiger partial charge in [0.25, 0.3) is 0 Å². The first kappa shape index (κ1) is 22.4. The van der Waals surface area contributed by atoms with Crippen LogP contribution < -0.4 is 15.0 Å². The third-order valence-electron chi connectivity index (χ3n) is 5.71. The Bertz CT molecular complexity index is 1100. The maximum absolute atomic E-state index is 13.5. The molecule has 1 saturated heterocycles. The minimum atomic E-state index is -0.735. The van der Waals surface area contributed by atoms with Crippen LogP contribution in [-0.4, -0.2) is 53.8 Å². The third kappa shape index (κ3) is 4.84. The summed E-state index contributed by atoms with van der Waals surface area (Å²) in [5, 5.41) is 9.78. The minimum Gasteiger partial charge on any atom is -0.497 e. The molecule has 1 unspecified atom stereocenters. The number of urea groups is 1. The zero-order valence-electron chi connectivity index (χ0n) is 19.1. The number of benzene rings is 2. The zero-order valence-corrected chi connectivity index (χ0v) is 19.1. The highest BCUT2D eigenvalue weighted by Crippen LogP contribution is 2.31. The number of ether oxygens (including phenoxy) is 1. The molecule has 33 heavy (non-hydrogen) atoms. The molecule has 0 saturated carbocycles. The predicted octanol–water partition coefficient (Wildman–Crippen LogP) is 3.84. The van der Waals surface area contributed by atoms with E-state index in [1.807, 2.05) is 68.6 Å². The molecule has 1 aromatic heterocycles. The number of nitrogens with one attached hydrogen (secondary N) is 2. The van der Waals surface area contributed by atoms with Crippen LogP contribution in [0.3, 0.4) is 0 Å². The summed E-state index contributed by atoms with van der Waals surface area (Å²) in [6, 6.07) is 14.2. The summed E-state index contributed by atoms with van der Waals surface area (Å²) in [4.78, 5) is 30.0. The van der Waals surface area contributed by atoms with Crippen molar-refractivity contribution in [2.75, 3.05) is 31.6 Å². The Hall–Kier alpha value is -3.81. The molecule has 2 N–H and O–H groups in total. The third-order valence-corrected chi connectivity index (χ3v) is 5.71. The maximum Gasteiger partial charge on any atom is 0.325 e. The molecule has 172 valence electrons. The number of hydrogen-bond acceptors (Lipinski definition) is 4. The largest absolute Gasteiger partial charge is 0.497 e. The summed E-state index contributed by atoms with van der Waals surface area (Å²) in [6.07, 6.45) is 3.58. The van der Waals surface area contributed by atoms with Crippen LogP contribution in [0.15, 0.2) is 60.9 Å². The molecule has 1 aliphatic rings. The second-order valence-corrected chi connectivity index (χ2v) is 8.48. The van der Waals surface area contributed by atoms with Crippen LogP contribution in [0, 0.1) is 5.92 Å². The van der Waals surface area contributed by atoms with Gasteiger partial charge in [0.05, 0.1) is 13.3 Å². The highest BCUT2D eigenvalue weighted by atomic mass is 16.5. The summed E-state index contributed by atoms with van der Waals surface area (Å²) in [7, 11) is 1.59. The Kier molecular flexibility index (Phi) is 6.63. The van der Waals surface area contributed by atoms with E-state index in [0.717, 1.165) is 22.4 Å². The number of anilines is 1. The average molecular weight is 448 g/mol. The van der Waals surface area contributed by atoms with E-state index in [2.05, 4.69) is 15.5 Å². The van der Waals surface area contributed by atoms with E-state index in [9.17, 15) is 9.59 Å². The second kappa shape index (κ2) is 9.77. The van der Waals surface area contributed by atoms with E-state index in [1.54, 1.807) is 23.1 Å². The van der Waals surface area contributed by atoms with Gasteiger partial charge >= 0.3 is 6.03 Å². The highest BCUT2D eigenvalue weighted by Gasteiger charge is 2.39. The lowest BCUT2D eigenvalue weighted by atomic mass is 10.0. The van der Waals surface area contributed by atoms with Crippen LogP contribution in [0.2, 0.25) is 0 Å². The molecule has 0 radical (unpaired) electrons. The normalized spacial score (nSPS) is 14.6. The summed E-state index contributed by atoms with van der Waals surface area (Å²) in [5.41, 5.74) is 3.51. The first-order chi connectivity index (χ1) is 16.0. The first-order valence-corrected chi connectivity index (χ1v) is 11.1. The number of hydrogen-bond donors (Lipinski definition) is 2. The number of nitrogens with zero attached hydrogens (tertiary/aromatic N) is 3. The number of aromatic amines is 1. The minimum absolute atomic E-state index is 0.192. The lowest BCUT2D eigenvalue weighted by Crippen LogP contribution is -2.43. The van der Waals surface area contributed by atoms with E-state index < -0.39 is 6.04 Å². The van der Waals surface area contributed by atoms with Gasteiger partial charge in [-0.2, -0.15) is 5.10 Å². The van der Waals surface area contributed by atoms with Crippen molar-refractivity contribution in [2.45, 2.75) is 19.9 Å². The van der Waals surface area contributed by atoms with Crippen LogP contribution in [0.25, 0.3) is 11.1 Å². The average Bonchev–Trinajstić information content (AvgIpc) is 3.49. The van der Waals surface area contributed by atoms with Crippen molar-refractivity contribution in [2.24, 2.45) is 5.92 Å². The molecule has 2 heterocycles. The Morgan fingerprint density at radius 3 is 2.61 bits per heavy atom. The van der Waals surface area contributed by atoms with Crippen molar-refractivity contribution >= 4 is 17.6 Å². The van der Waals surface area contributed by atoms with E-state index in [0.29, 0.717) is 31.3 Å². The first-order valence-electron chi connectivity index (χ1n) is 11.1. The lowest BCUT2D eigenvalue weighted by Gasteiger charge is -2.28. The number of H-pyrrole nitrogens is 1. The Balaban J connectivity index is 1.58. The molecule has 8 heteroatoms. The van der Waals surface area contributed by atoms with Crippen LogP contribution in [0.1, 0.15) is 25.5 Å². The van der Waals surface area contributed by atoms with Crippen molar-refractivity contribution in [1.82, 2.24) is 20.4 Å². The SMILES string of the molecule is COc1cccc(C(C(=O)NCC(C)C)N2CCN(c3ccc(-c4cn[nH]c4)cc3)C2=O)c1. The fourth-order valence-electron chi connectivity index (χ4n) is 3.96. The van der Waals surface area contributed by atoms with Gasteiger partial charge in [0.2, 0.25) is 5.91 Å². The number of carbonyl (C=O) groups is 2. The molecule has 3 aromatic rings. The number of rotatable bonds is 8. The van der Waals surface area contributed by atoms with Crippen LogP contribution in [0.4, 0.5) is 10.5 Å². The fourth-order valence-corrected chi connectivity index (χ4v) is 3.96. The van der Waals surface area contributed by atoms with Gasteiger partial charge in [-0.05, 0) is 41.3 Å². The highest BCUT2D eigenvalue weighted by molar-refractivity contribution is 5.98. The molecule has 1 fully saturated rings. The van der Waals surface area contributed by atoms with Gasteiger partial charge < -0.3 is 15.0 Å². The van der Waals surface area contributed by atoms with Crippen LogP contribution in [0.5, 0.6) is 5.75 Å². The number of aromatic nitrogens is 2. The summed E-state index contributed by atoms with van der Waals surface area (Å²) in [6.45, 7) is 5.56. The summed E-state index contributed by atoms with van der Waals surface area (Å²) < 4.78 is 5.35. The zero-order chi connectivity index (χ0) is 23.4. The summed E-state index contributed by atoms with van der Waals surface area (Å²) in [5.74, 6) is 0.759. The van der Waals surface area contributed by atoms with Gasteiger partial charge in [0.1, 0.15) is 11.8 Å². The molecule has 1 aliphatic heterocycles. The Morgan fingerprint density at radius 2 is 1.94 bits per heavy atom. The molecule has 1 atom stereocenters. The standard InChI is InChI=1S/C25H29N5O3/c1-17(2)14-26-24(31)23(19-5-4-6-22(13-19)33-3)30-12-11-29(25(30)32)21-9-7-18(8-10-21)20-15-27-28-16-20/h4-10,13,15-17,23H,11-12,14H2,1-3H3,(H,26,31)(H,27,28). The quantitative estimate of drug-likeness (QED) is 0.549. The van der Waals surface area contributed by atoms with Gasteiger partial charge in [-0.25, -0.2) is 4.79 Å². The van der Waals surface area contributed by atoms with Gasteiger partial charge in [-0.3, -0.25) is 14.8 Å². The fraction of sp³-hybridized carbons (Fsp3) is 0.320. The number of carbonyl (C=O) groups excluding carboxylic acids is 2. The van der Waals surface area contributed by atoms with Gasteiger partial charge in [0, 0.05) is 37.1 Å².